The van der Waals surface area contributed by atoms with Crippen LogP contribution in [0.2, 0.25) is 0 Å². The van der Waals surface area contributed by atoms with Crippen LogP contribution < -0.4 is 0 Å². The van der Waals surface area contributed by atoms with Gasteiger partial charge in [-0.3, -0.25) is 14.9 Å². The lowest BCUT2D eigenvalue weighted by atomic mass is 10.1. The Morgan fingerprint density at radius 3 is 2.59 bits per heavy atom. The van der Waals surface area contributed by atoms with Gasteiger partial charge >= 0.3 is 0 Å². The number of phenolic OH excluding ortho intramolecular Hbond substituents is 1. The molecule has 1 aliphatic rings. The number of benzene rings is 1. The fraction of sp³-hybridized carbons (Fsp3) is 0.364. The highest BCUT2D eigenvalue weighted by molar-refractivity contribution is 5.98. The summed E-state index contributed by atoms with van der Waals surface area (Å²) in [5, 5.41) is 20.1. The minimum atomic E-state index is -0.608. The summed E-state index contributed by atoms with van der Waals surface area (Å²) in [4.78, 5) is 23.8. The molecule has 6 nitrogen and oxygen atoms in total. The zero-order chi connectivity index (χ0) is 12.4. The highest BCUT2D eigenvalue weighted by Gasteiger charge is 2.26. The Labute approximate surface area is 97.6 Å². The minimum Gasteiger partial charge on any atom is -0.508 e. The third-order valence-corrected chi connectivity index (χ3v) is 2.80. The molecular weight excluding hydrogens is 224 g/mol. The van der Waals surface area contributed by atoms with E-state index in [1.807, 2.05) is 0 Å². The largest absolute Gasteiger partial charge is 0.508 e. The molecule has 17 heavy (non-hydrogen) atoms. The molecule has 0 aromatic heterocycles. The molecule has 0 bridgehead atoms. The standard InChI is InChI=1S/C11H12N2O4/c14-8-3-4-10(13(16)17)9(7-8)11(15)12-5-1-2-6-12/h3-4,7,14H,1-2,5-6H2. The summed E-state index contributed by atoms with van der Waals surface area (Å²) in [6, 6.07) is 3.51. The number of aromatic hydroxyl groups is 1. The van der Waals surface area contributed by atoms with Crippen LogP contribution in [0, 0.1) is 10.1 Å². The van der Waals surface area contributed by atoms with Gasteiger partial charge in [0.2, 0.25) is 0 Å². The minimum absolute atomic E-state index is 0.0445. The first-order valence-electron chi connectivity index (χ1n) is 5.36. The van der Waals surface area contributed by atoms with Gasteiger partial charge in [0.15, 0.2) is 0 Å². The van der Waals surface area contributed by atoms with Crippen molar-refractivity contribution < 1.29 is 14.8 Å². The third kappa shape index (κ3) is 2.20. The molecule has 0 aliphatic carbocycles. The number of amides is 1. The summed E-state index contributed by atoms with van der Waals surface area (Å²) in [5.41, 5.74) is -0.309. The Morgan fingerprint density at radius 2 is 2.00 bits per heavy atom. The van der Waals surface area contributed by atoms with Gasteiger partial charge in [0.1, 0.15) is 11.3 Å². The van der Waals surface area contributed by atoms with Crippen LogP contribution in [0.15, 0.2) is 18.2 Å². The topological polar surface area (TPSA) is 83.7 Å². The monoisotopic (exact) mass is 236 g/mol. The van der Waals surface area contributed by atoms with E-state index < -0.39 is 4.92 Å². The summed E-state index contributed by atoms with van der Waals surface area (Å²) in [5.74, 6) is -0.525. The van der Waals surface area contributed by atoms with Crippen molar-refractivity contribution in [1.82, 2.24) is 4.90 Å². The van der Waals surface area contributed by atoms with Crippen LogP contribution in [0.1, 0.15) is 23.2 Å². The van der Waals surface area contributed by atoms with E-state index in [0.717, 1.165) is 25.0 Å². The van der Waals surface area contributed by atoms with Gasteiger partial charge < -0.3 is 10.0 Å². The van der Waals surface area contributed by atoms with Crippen molar-refractivity contribution in [1.29, 1.82) is 0 Å². The van der Waals surface area contributed by atoms with Crippen molar-refractivity contribution in [3.05, 3.63) is 33.9 Å². The molecule has 1 aromatic rings. The van der Waals surface area contributed by atoms with Crippen LogP contribution in [0.3, 0.4) is 0 Å². The van der Waals surface area contributed by atoms with Crippen molar-refractivity contribution in [2.45, 2.75) is 12.8 Å². The molecule has 1 heterocycles. The third-order valence-electron chi connectivity index (χ3n) is 2.80. The predicted molar refractivity (Wildman–Crippen MR) is 59.9 cm³/mol. The molecule has 6 heteroatoms. The number of carbonyl (C=O) groups is 1. The van der Waals surface area contributed by atoms with Crippen molar-refractivity contribution in [3.8, 4) is 5.75 Å². The van der Waals surface area contributed by atoms with Gasteiger partial charge in [-0.05, 0) is 25.0 Å². The van der Waals surface area contributed by atoms with Gasteiger partial charge in [-0.1, -0.05) is 0 Å². The first-order chi connectivity index (χ1) is 8.09. The Kier molecular flexibility index (Phi) is 2.95. The molecule has 1 aromatic carbocycles. The molecule has 1 N–H and O–H groups in total. The molecule has 1 fully saturated rings. The average molecular weight is 236 g/mol. The van der Waals surface area contributed by atoms with Crippen LogP contribution in [-0.4, -0.2) is 33.9 Å². The number of nitro groups is 1. The van der Waals surface area contributed by atoms with Gasteiger partial charge in [0.25, 0.3) is 11.6 Å². The van der Waals surface area contributed by atoms with E-state index in [1.165, 1.54) is 6.07 Å². The molecule has 0 radical (unpaired) electrons. The summed E-state index contributed by atoms with van der Waals surface area (Å²) >= 11 is 0. The van der Waals surface area contributed by atoms with Gasteiger partial charge in [-0.25, -0.2) is 0 Å². The van der Waals surface area contributed by atoms with Gasteiger partial charge in [-0.2, -0.15) is 0 Å². The van der Waals surface area contributed by atoms with Crippen LogP contribution in [0.5, 0.6) is 5.75 Å². The Bertz CT molecular complexity index is 467. The van der Waals surface area contributed by atoms with E-state index in [0.29, 0.717) is 13.1 Å². The maximum absolute atomic E-state index is 12.0. The summed E-state index contributed by atoms with van der Waals surface area (Å²) in [6.07, 6.45) is 1.83. The number of nitrogens with zero attached hydrogens (tertiary/aromatic N) is 2. The van der Waals surface area contributed by atoms with Crippen LogP contribution in [0.25, 0.3) is 0 Å². The number of phenols is 1. The fourth-order valence-corrected chi connectivity index (χ4v) is 1.95. The normalized spacial score (nSPS) is 14.9. The first-order valence-corrected chi connectivity index (χ1v) is 5.36. The molecule has 2 rings (SSSR count). The number of nitro benzene ring substituents is 1. The molecular formula is C11H12N2O4. The molecule has 0 saturated carbocycles. The lowest BCUT2D eigenvalue weighted by Gasteiger charge is -2.15. The molecule has 1 amide bonds. The van der Waals surface area contributed by atoms with E-state index in [9.17, 15) is 20.0 Å². The van der Waals surface area contributed by atoms with Crippen molar-refractivity contribution >= 4 is 11.6 Å². The molecule has 1 saturated heterocycles. The van der Waals surface area contributed by atoms with E-state index in [4.69, 9.17) is 0 Å². The van der Waals surface area contributed by atoms with Crippen LogP contribution >= 0.6 is 0 Å². The van der Waals surface area contributed by atoms with Gasteiger partial charge in [0, 0.05) is 19.2 Å². The molecule has 0 spiro atoms. The second-order valence-corrected chi connectivity index (χ2v) is 3.96. The summed E-state index contributed by atoms with van der Waals surface area (Å²) in [7, 11) is 0. The maximum atomic E-state index is 12.0. The van der Waals surface area contributed by atoms with Crippen LogP contribution in [-0.2, 0) is 0 Å². The Morgan fingerprint density at radius 1 is 1.35 bits per heavy atom. The number of hydrogen-bond acceptors (Lipinski definition) is 4. The second-order valence-electron chi connectivity index (χ2n) is 3.96. The lowest BCUT2D eigenvalue weighted by Crippen LogP contribution is -2.28. The van der Waals surface area contributed by atoms with Crippen molar-refractivity contribution in [2.24, 2.45) is 0 Å². The first kappa shape index (κ1) is 11.4. The number of rotatable bonds is 2. The number of likely N-dealkylation sites (tertiary alicyclic amines) is 1. The lowest BCUT2D eigenvalue weighted by molar-refractivity contribution is -0.385. The van der Waals surface area contributed by atoms with E-state index >= 15 is 0 Å². The molecule has 90 valence electrons. The summed E-state index contributed by atoms with van der Waals surface area (Å²) in [6.45, 7) is 1.23. The molecule has 0 unspecified atom stereocenters. The smallest absolute Gasteiger partial charge is 0.282 e. The van der Waals surface area contributed by atoms with Gasteiger partial charge in [0.05, 0.1) is 4.92 Å². The SMILES string of the molecule is O=C(c1cc(O)ccc1[N+](=O)[O-])N1CCCC1. The van der Waals surface area contributed by atoms with E-state index in [-0.39, 0.29) is 22.9 Å². The fourth-order valence-electron chi connectivity index (χ4n) is 1.95. The van der Waals surface area contributed by atoms with Crippen LogP contribution in [0.4, 0.5) is 5.69 Å². The maximum Gasteiger partial charge on any atom is 0.282 e. The van der Waals surface area contributed by atoms with E-state index in [2.05, 4.69) is 0 Å². The zero-order valence-corrected chi connectivity index (χ0v) is 9.13. The quantitative estimate of drug-likeness (QED) is 0.623. The molecule has 0 atom stereocenters. The van der Waals surface area contributed by atoms with Gasteiger partial charge in [-0.15, -0.1) is 0 Å². The van der Waals surface area contributed by atoms with E-state index in [1.54, 1.807) is 4.90 Å². The number of carbonyl (C=O) groups excluding carboxylic acids is 1. The Balaban J connectivity index is 2.38. The zero-order valence-electron chi connectivity index (χ0n) is 9.13. The highest BCUT2D eigenvalue weighted by Crippen LogP contribution is 2.25. The average Bonchev–Trinajstić information content (AvgIpc) is 2.80. The van der Waals surface area contributed by atoms with Crippen molar-refractivity contribution in [2.75, 3.05) is 13.1 Å². The Hall–Kier alpha value is -2.11. The summed E-state index contributed by atoms with van der Waals surface area (Å²) < 4.78 is 0. The number of hydrogen-bond donors (Lipinski definition) is 1. The second kappa shape index (κ2) is 4.40. The highest BCUT2D eigenvalue weighted by atomic mass is 16.6. The van der Waals surface area contributed by atoms with Crippen molar-refractivity contribution in [3.63, 3.8) is 0 Å². The molecule has 1 aliphatic heterocycles. The predicted octanol–water partition coefficient (Wildman–Crippen LogP) is 1.54.